The maximum Gasteiger partial charge on any atom is 0.252 e. The summed E-state index contributed by atoms with van der Waals surface area (Å²) in [6.45, 7) is 8.30. The molecule has 2 aromatic rings. The van der Waals surface area contributed by atoms with E-state index in [4.69, 9.17) is 9.72 Å². The fraction of sp³-hybridized carbons (Fsp3) is 0.522. The third kappa shape index (κ3) is 4.56. The lowest BCUT2D eigenvalue weighted by Gasteiger charge is -2.34. The lowest BCUT2D eigenvalue weighted by molar-refractivity contribution is 0.0811. The van der Waals surface area contributed by atoms with Crippen LogP contribution >= 0.6 is 0 Å². The van der Waals surface area contributed by atoms with Crippen LogP contribution in [-0.4, -0.2) is 59.6 Å². The molecule has 30 heavy (non-hydrogen) atoms. The zero-order valence-electron chi connectivity index (χ0n) is 18.1. The van der Waals surface area contributed by atoms with Crippen molar-refractivity contribution in [2.45, 2.75) is 51.8 Å². The van der Waals surface area contributed by atoms with Crippen LogP contribution in [-0.2, 0) is 13.0 Å². The number of pyridine rings is 2. The zero-order valence-corrected chi connectivity index (χ0v) is 18.1. The molecule has 4 heterocycles. The van der Waals surface area contributed by atoms with Gasteiger partial charge in [-0.25, -0.2) is 9.97 Å². The number of amides is 1. The van der Waals surface area contributed by atoms with Gasteiger partial charge in [-0.05, 0) is 44.4 Å². The molecule has 7 nitrogen and oxygen atoms in total. The molecule has 0 saturated carbocycles. The summed E-state index contributed by atoms with van der Waals surface area (Å²) >= 11 is 0. The molecular weight excluding hydrogens is 378 g/mol. The Labute approximate surface area is 178 Å². The average molecular weight is 410 g/mol. The Morgan fingerprint density at radius 1 is 1.17 bits per heavy atom. The van der Waals surface area contributed by atoms with E-state index in [1.807, 2.05) is 18.2 Å². The summed E-state index contributed by atoms with van der Waals surface area (Å²) < 4.78 is 6.21. The SMILES string of the molecule is CNC(=O)c1ccc(N2CCc3nc(OC4CCN(C(C)C)CC4)ccc3C2)nc1. The highest BCUT2D eigenvalue weighted by atomic mass is 16.5. The second kappa shape index (κ2) is 9.00. The van der Waals surface area contributed by atoms with Crippen LogP contribution in [0.3, 0.4) is 0 Å². The van der Waals surface area contributed by atoms with Crippen LogP contribution in [0.15, 0.2) is 30.5 Å². The second-order valence-corrected chi connectivity index (χ2v) is 8.36. The van der Waals surface area contributed by atoms with Gasteiger partial charge < -0.3 is 19.9 Å². The molecule has 160 valence electrons. The van der Waals surface area contributed by atoms with Crippen molar-refractivity contribution in [2.75, 3.05) is 31.6 Å². The van der Waals surface area contributed by atoms with E-state index < -0.39 is 0 Å². The maximum atomic E-state index is 11.7. The summed E-state index contributed by atoms with van der Waals surface area (Å²) in [5.41, 5.74) is 2.90. The maximum absolute atomic E-state index is 11.7. The molecule has 1 N–H and O–H groups in total. The number of rotatable bonds is 5. The quantitative estimate of drug-likeness (QED) is 0.819. The predicted octanol–water partition coefficient (Wildman–Crippen LogP) is 2.65. The van der Waals surface area contributed by atoms with Crippen molar-refractivity contribution in [2.24, 2.45) is 0 Å². The Balaban J connectivity index is 1.37. The Morgan fingerprint density at radius 2 is 1.97 bits per heavy atom. The van der Waals surface area contributed by atoms with Gasteiger partial charge in [0.1, 0.15) is 11.9 Å². The number of aromatic nitrogens is 2. The molecule has 1 saturated heterocycles. The van der Waals surface area contributed by atoms with Crippen molar-refractivity contribution >= 4 is 11.7 Å². The van der Waals surface area contributed by atoms with Crippen molar-refractivity contribution in [3.63, 3.8) is 0 Å². The molecule has 1 fully saturated rings. The largest absolute Gasteiger partial charge is 0.474 e. The first-order valence-electron chi connectivity index (χ1n) is 10.9. The summed E-state index contributed by atoms with van der Waals surface area (Å²) in [5.74, 6) is 1.51. The van der Waals surface area contributed by atoms with Crippen LogP contribution in [0.1, 0.15) is 48.3 Å². The minimum absolute atomic E-state index is 0.121. The number of nitrogens with one attached hydrogen (secondary N) is 1. The summed E-state index contributed by atoms with van der Waals surface area (Å²) in [6.07, 6.45) is 4.86. The zero-order chi connectivity index (χ0) is 21.1. The van der Waals surface area contributed by atoms with Crippen molar-refractivity contribution in [1.82, 2.24) is 20.2 Å². The first kappa shape index (κ1) is 20.6. The molecule has 1 amide bonds. The Kier molecular flexibility index (Phi) is 6.18. The lowest BCUT2D eigenvalue weighted by Crippen LogP contribution is -2.41. The van der Waals surface area contributed by atoms with E-state index in [1.54, 1.807) is 13.2 Å². The number of likely N-dealkylation sites (tertiary alicyclic amines) is 1. The second-order valence-electron chi connectivity index (χ2n) is 8.36. The van der Waals surface area contributed by atoms with Gasteiger partial charge in [0, 0.05) is 58.0 Å². The smallest absolute Gasteiger partial charge is 0.252 e. The predicted molar refractivity (Wildman–Crippen MR) is 117 cm³/mol. The molecule has 0 atom stereocenters. The van der Waals surface area contributed by atoms with Crippen molar-refractivity contribution < 1.29 is 9.53 Å². The molecule has 0 radical (unpaired) electrons. The number of anilines is 1. The van der Waals surface area contributed by atoms with E-state index in [2.05, 4.69) is 40.0 Å². The van der Waals surface area contributed by atoms with E-state index in [0.717, 1.165) is 62.8 Å². The van der Waals surface area contributed by atoms with Crippen molar-refractivity contribution in [3.05, 3.63) is 47.3 Å². The Bertz CT molecular complexity index is 876. The van der Waals surface area contributed by atoms with E-state index in [9.17, 15) is 4.79 Å². The number of fused-ring (bicyclic) bond motifs is 1. The average Bonchev–Trinajstić information content (AvgIpc) is 2.78. The van der Waals surface area contributed by atoms with Gasteiger partial charge >= 0.3 is 0 Å². The Morgan fingerprint density at radius 3 is 2.63 bits per heavy atom. The van der Waals surface area contributed by atoms with Crippen LogP contribution in [0.25, 0.3) is 0 Å². The minimum atomic E-state index is -0.121. The van der Waals surface area contributed by atoms with Crippen LogP contribution in [0.4, 0.5) is 5.82 Å². The standard InChI is InChI=1S/C23H31N5O2/c1-16(2)27-11-8-19(9-12-27)30-22-7-5-18-15-28(13-10-20(18)26-22)21-6-4-17(14-25-21)23(29)24-3/h4-7,14,16,19H,8-13,15H2,1-3H3,(H,24,29). The minimum Gasteiger partial charge on any atom is -0.474 e. The number of carbonyl (C=O) groups is 1. The summed E-state index contributed by atoms with van der Waals surface area (Å²) in [7, 11) is 1.62. The van der Waals surface area contributed by atoms with Gasteiger partial charge in [-0.15, -0.1) is 0 Å². The molecule has 7 heteroatoms. The molecule has 4 rings (SSSR count). The summed E-state index contributed by atoms with van der Waals surface area (Å²) in [6, 6.07) is 8.45. The molecule has 0 bridgehead atoms. The van der Waals surface area contributed by atoms with Gasteiger partial charge in [-0.3, -0.25) is 4.79 Å². The van der Waals surface area contributed by atoms with Gasteiger partial charge in [0.25, 0.3) is 5.91 Å². The number of ether oxygens (including phenoxy) is 1. The molecule has 2 aliphatic heterocycles. The number of nitrogens with zero attached hydrogens (tertiary/aromatic N) is 4. The molecule has 0 spiro atoms. The highest BCUT2D eigenvalue weighted by Crippen LogP contribution is 2.25. The molecule has 0 aromatic carbocycles. The third-order valence-electron chi connectivity index (χ3n) is 6.08. The van der Waals surface area contributed by atoms with Crippen molar-refractivity contribution in [1.29, 1.82) is 0 Å². The van der Waals surface area contributed by atoms with E-state index in [-0.39, 0.29) is 12.0 Å². The molecule has 2 aromatic heterocycles. The van der Waals surface area contributed by atoms with E-state index in [0.29, 0.717) is 11.6 Å². The monoisotopic (exact) mass is 409 g/mol. The normalized spacial score (nSPS) is 17.7. The third-order valence-corrected chi connectivity index (χ3v) is 6.08. The number of carbonyl (C=O) groups excluding carboxylic acids is 1. The van der Waals surface area contributed by atoms with E-state index in [1.165, 1.54) is 5.56 Å². The van der Waals surface area contributed by atoms with Gasteiger partial charge in [0.05, 0.1) is 11.3 Å². The van der Waals surface area contributed by atoms with Gasteiger partial charge in [0.2, 0.25) is 5.88 Å². The fourth-order valence-electron chi connectivity index (χ4n) is 4.19. The lowest BCUT2D eigenvalue weighted by atomic mass is 10.1. The molecule has 0 unspecified atom stereocenters. The topological polar surface area (TPSA) is 70.6 Å². The van der Waals surface area contributed by atoms with Crippen molar-refractivity contribution in [3.8, 4) is 5.88 Å². The first-order chi connectivity index (χ1) is 14.5. The first-order valence-corrected chi connectivity index (χ1v) is 10.9. The number of hydrogen-bond donors (Lipinski definition) is 1. The van der Waals surface area contributed by atoms with Gasteiger partial charge in [0.15, 0.2) is 0 Å². The van der Waals surface area contributed by atoms with Crippen LogP contribution in [0.2, 0.25) is 0 Å². The molecule has 2 aliphatic rings. The number of piperidine rings is 1. The highest BCUT2D eigenvalue weighted by molar-refractivity contribution is 5.93. The van der Waals surface area contributed by atoms with Crippen LogP contribution in [0.5, 0.6) is 5.88 Å². The number of hydrogen-bond acceptors (Lipinski definition) is 6. The summed E-state index contributed by atoms with van der Waals surface area (Å²) in [4.78, 5) is 25.7. The molecular formula is C23H31N5O2. The molecule has 0 aliphatic carbocycles. The highest BCUT2D eigenvalue weighted by Gasteiger charge is 2.24. The van der Waals surface area contributed by atoms with Crippen LogP contribution in [0, 0.1) is 0 Å². The summed E-state index contributed by atoms with van der Waals surface area (Å²) in [5, 5.41) is 2.62. The Hall–Kier alpha value is -2.67. The van der Waals surface area contributed by atoms with Gasteiger partial charge in [-0.2, -0.15) is 0 Å². The fourth-order valence-corrected chi connectivity index (χ4v) is 4.19. The van der Waals surface area contributed by atoms with Gasteiger partial charge in [-0.1, -0.05) is 6.07 Å². The van der Waals surface area contributed by atoms with E-state index >= 15 is 0 Å². The van der Waals surface area contributed by atoms with Crippen LogP contribution < -0.4 is 15.0 Å².